The Labute approximate surface area is 196 Å². The van der Waals surface area contributed by atoms with Gasteiger partial charge in [0.1, 0.15) is 6.61 Å². The molecule has 8 nitrogen and oxygen atoms in total. The van der Waals surface area contributed by atoms with Crippen LogP contribution < -0.4 is 10.6 Å². The van der Waals surface area contributed by atoms with Gasteiger partial charge in [0.25, 0.3) is 5.91 Å². The van der Waals surface area contributed by atoms with Crippen LogP contribution in [0.5, 0.6) is 0 Å². The van der Waals surface area contributed by atoms with Gasteiger partial charge in [-0.3, -0.25) is 10.1 Å². The number of benzene rings is 3. The number of ether oxygens (including phenoxy) is 1. The van der Waals surface area contributed by atoms with E-state index in [1.165, 1.54) is 6.07 Å². The predicted octanol–water partition coefficient (Wildman–Crippen LogP) is 3.61. The van der Waals surface area contributed by atoms with Gasteiger partial charge in [-0.25, -0.2) is 9.59 Å². The van der Waals surface area contributed by atoms with Gasteiger partial charge in [-0.15, -0.1) is 0 Å². The first-order valence-electron chi connectivity index (χ1n) is 10.8. The van der Waals surface area contributed by atoms with E-state index in [1.54, 1.807) is 18.2 Å². The van der Waals surface area contributed by atoms with Crippen LogP contribution in [0.25, 0.3) is 11.1 Å². The Hall–Kier alpha value is -4.17. The number of carboxylic acid groups (broad SMARTS) is 1. The molecule has 1 aliphatic carbocycles. The molecule has 0 saturated carbocycles. The van der Waals surface area contributed by atoms with Gasteiger partial charge >= 0.3 is 12.1 Å². The van der Waals surface area contributed by atoms with Gasteiger partial charge in [0.15, 0.2) is 6.10 Å². The molecule has 4 rings (SSSR count). The maximum Gasteiger partial charge on any atom is 0.411 e. The van der Waals surface area contributed by atoms with E-state index in [9.17, 15) is 19.5 Å². The van der Waals surface area contributed by atoms with Crippen LogP contribution in [0.1, 0.15) is 33.8 Å². The molecule has 1 aliphatic rings. The molecule has 2 amide bonds. The molecule has 0 saturated heterocycles. The Morgan fingerprint density at radius 2 is 1.56 bits per heavy atom. The number of nitrogens with one attached hydrogen (secondary N) is 2. The van der Waals surface area contributed by atoms with Gasteiger partial charge in [-0.05, 0) is 40.5 Å². The van der Waals surface area contributed by atoms with E-state index in [0.717, 1.165) is 22.3 Å². The van der Waals surface area contributed by atoms with Crippen molar-refractivity contribution in [3.8, 4) is 11.1 Å². The van der Waals surface area contributed by atoms with Crippen molar-refractivity contribution in [1.82, 2.24) is 5.32 Å². The van der Waals surface area contributed by atoms with E-state index in [1.807, 2.05) is 36.4 Å². The fraction of sp³-hybridized carbons (Fsp3) is 0.192. The first-order valence-corrected chi connectivity index (χ1v) is 10.8. The number of carboxylic acids is 1. The number of amides is 2. The first kappa shape index (κ1) is 23.0. The molecule has 174 valence electrons. The largest absolute Gasteiger partial charge is 0.479 e. The molecule has 0 spiro atoms. The number of fused-ring (bicyclic) bond motifs is 3. The lowest BCUT2D eigenvalue weighted by molar-refractivity contribution is -0.146. The summed E-state index contributed by atoms with van der Waals surface area (Å²) < 4.78 is 5.52. The summed E-state index contributed by atoms with van der Waals surface area (Å²) in [6.45, 7) is 0.169. The molecule has 0 aliphatic heterocycles. The molecule has 0 bridgehead atoms. The monoisotopic (exact) mass is 460 g/mol. The maximum atomic E-state index is 12.5. The van der Waals surface area contributed by atoms with E-state index < -0.39 is 24.1 Å². The Bertz CT molecular complexity index is 1180. The highest BCUT2D eigenvalue weighted by atomic mass is 16.5. The summed E-state index contributed by atoms with van der Waals surface area (Å²) >= 11 is 0. The lowest BCUT2D eigenvalue weighted by Crippen LogP contribution is -2.30. The summed E-state index contributed by atoms with van der Waals surface area (Å²) in [5, 5.41) is 23.1. The Morgan fingerprint density at radius 3 is 2.21 bits per heavy atom. The van der Waals surface area contributed by atoms with Gasteiger partial charge in [-0.1, -0.05) is 54.6 Å². The molecule has 1 atom stereocenters. The molecular weight excluding hydrogens is 436 g/mol. The van der Waals surface area contributed by atoms with Crippen molar-refractivity contribution in [2.75, 3.05) is 18.5 Å². The van der Waals surface area contributed by atoms with E-state index in [0.29, 0.717) is 5.69 Å². The van der Waals surface area contributed by atoms with Crippen molar-refractivity contribution >= 4 is 23.7 Å². The molecule has 3 aromatic rings. The van der Waals surface area contributed by atoms with E-state index in [4.69, 9.17) is 9.84 Å². The SMILES string of the molecule is O=C(Nc1cccc(C(=O)NCCC(O)C(=O)O)c1)OCC1c2ccccc2-c2ccccc21. The summed E-state index contributed by atoms with van der Waals surface area (Å²) in [5.74, 6) is -1.85. The highest BCUT2D eigenvalue weighted by Gasteiger charge is 2.29. The topological polar surface area (TPSA) is 125 Å². The highest BCUT2D eigenvalue weighted by Crippen LogP contribution is 2.44. The second-order valence-corrected chi connectivity index (χ2v) is 7.93. The number of rotatable bonds is 8. The summed E-state index contributed by atoms with van der Waals surface area (Å²) in [6.07, 6.45) is -2.29. The molecule has 0 fully saturated rings. The molecule has 0 heterocycles. The molecule has 34 heavy (non-hydrogen) atoms. The second kappa shape index (κ2) is 10.2. The van der Waals surface area contributed by atoms with Crippen LogP contribution in [0.15, 0.2) is 72.8 Å². The average Bonchev–Trinajstić information content (AvgIpc) is 3.16. The van der Waals surface area contributed by atoms with Gasteiger partial charge in [0.05, 0.1) is 0 Å². The van der Waals surface area contributed by atoms with Crippen molar-refractivity contribution in [2.45, 2.75) is 18.4 Å². The zero-order valence-corrected chi connectivity index (χ0v) is 18.2. The number of carbonyl (C=O) groups excluding carboxylic acids is 2. The molecule has 3 aromatic carbocycles. The lowest BCUT2D eigenvalue weighted by atomic mass is 9.98. The summed E-state index contributed by atoms with van der Waals surface area (Å²) in [5.41, 5.74) is 5.17. The van der Waals surface area contributed by atoms with Gasteiger partial charge in [0, 0.05) is 30.1 Å². The van der Waals surface area contributed by atoms with Crippen molar-refractivity contribution < 1.29 is 29.3 Å². The zero-order chi connectivity index (χ0) is 24.1. The van der Waals surface area contributed by atoms with Crippen LogP contribution in [0.3, 0.4) is 0 Å². The summed E-state index contributed by atoms with van der Waals surface area (Å²) in [7, 11) is 0. The number of aliphatic hydroxyl groups excluding tert-OH is 1. The third-order valence-electron chi connectivity index (χ3n) is 5.70. The lowest BCUT2D eigenvalue weighted by Gasteiger charge is -2.15. The Morgan fingerprint density at radius 1 is 0.912 bits per heavy atom. The maximum absolute atomic E-state index is 12.5. The van der Waals surface area contributed by atoms with Crippen LogP contribution in [-0.4, -0.2) is 47.4 Å². The molecular formula is C26H24N2O6. The fourth-order valence-electron chi connectivity index (χ4n) is 4.04. The van der Waals surface area contributed by atoms with Crippen molar-refractivity contribution in [1.29, 1.82) is 0 Å². The average molecular weight is 460 g/mol. The number of aliphatic hydroxyl groups is 1. The Kier molecular flexibility index (Phi) is 6.89. The molecule has 0 radical (unpaired) electrons. The number of aliphatic carboxylic acids is 1. The summed E-state index contributed by atoms with van der Waals surface area (Å²) in [4.78, 5) is 35.4. The quantitative estimate of drug-likeness (QED) is 0.407. The van der Waals surface area contributed by atoms with Crippen molar-refractivity contribution in [3.05, 3.63) is 89.5 Å². The van der Waals surface area contributed by atoms with Crippen LogP contribution >= 0.6 is 0 Å². The second-order valence-electron chi connectivity index (χ2n) is 7.93. The normalized spacial score (nSPS) is 12.9. The number of hydrogen-bond acceptors (Lipinski definition) is 5. The van der Waals surface area contributed by atoms with Crippen LogP contribution in [0.2, 0.25) is 0 Å². The van der Waals surface area contributed by atoms with Gasteiger partial charge in [0.2, 0.25) is 0 Å². The number of carbonyl (C=O) groups is 3. The van der Waals surface area contributed by atoms with Crippen LogP contribution in [0, 0.1) is 0 Å². The molecule has 4 N–H and O–H groups in total. The van der Waals surface area contributed by atoms with E-state index in [2.05, 4.69) is 22.8 Å². The zero-order valence-electron chi connectivity index (χ0n) is 18.2. The Balaban J connectivity index is 1.34. The number of hydrogen-bond donors (Lipinski definition) is 4. The molecule has 1 unspecified atom stereocenters. The van der Waals surface area contributed by atoms with Gasteiger partial charge < -0.3 is 20.3 Å². The minimum absolute atomic E-state index is 0.00364. The number of anilines is 1. The third-order valence-corrected chi connectivity index (χ3v) is 5.70. The minimum Gasteiger partial charge on any atom is -0.479 e. The predicted molar refractivity (Wildman–Crippen MR) is 126 cm³/mol. The fourth-order valence-corrected chi connectivity index (χ4v) is 4.04. The van der Waals surface area contributed by atoms with Crippen LogP contribution in [-0.2, 0) is 9.53 Å². The van der Waals surface area contributed by atoms with E-state index >= 15 is 0 Å². The van der Waals surface area contributed by atoms with Crippen molar-refractivity contribution in [2.24, 2.45) is 0 Å². The third kappa shape index (κ3) is 5.07. The molecule has 0 aromatic heterocycles. The smallest absolute Gasteiger partial charge is 0.411 e. The highest BCUT2D eigenvalue weighted by molar-refractivity contribution is 5.96. The summed E-state index contributed by atoms with van der Waals surface area (Å²) in [6, 6.07) is 22.4. The van der Waals surface area contributed by atoms with Crippen LogP contribution in [0.4, 0.5) is 10.5 Å². The first-order chi connectivity index (χ1) is 16.4. The molecule has 8 heteroatoms. The van der Waals surface area contributed by atoms with E-state index in [-0.39, 0.29) is 31.1 Å². The standard InChI is InChI=1S/C26H24N2O6/c29-23(25(31)32)12-13-27-24(30)16-6-5-7-17(14-16)28-26(33)34-15-22-20-10-3-1-8-18(20)19-9-2-4-11-21(19)22/h1-11,14,22-23,29H,12-13,15H2,(H,27,30)(H,28,33)(H,31,32). The van der Waals surface area contributed by atoms with Gasteiger partial charge in [-0.2, -0.15) is 0 Å². The minimum atomic E-state index is -1.54. The van der Waals surface area contributed by atoms with Crippen molar-refractivity contribution in [3.63, 3.8) is 0 Å².